The topological polar surface area (TPSA) is 59.4 Å². The molecule has 4 nitrogen and oxygen atoms in total. The summed E-state index contributed by atoms with van der Waals surface area (Å²) in [5.41, 5.74) is -0.379. The van der Waals surface area contributed by atoms with E-state index in [-0.39, 0.29) is 35.3 Å². The smallest absolute Gasteiger partial charge is 0.420 e. The fourth-order valence-corrected chi connectivity index (χ4v) is 1.92. The first-order valence-electron chi connectivity index (χ1n) is 6.34. The molecular formula is C14H15ClF3NO3. The van der Waals surface area contributed by atoms with E-state index < -0.39 is 18.0 Å². The number of aryl methyl sites for hydroxylation is 1. The van der Waals surface area contributed by atoms with Crippen LogP contribution in [-0.2, 0) is 4.79 Å². The molecule has 8 heteroatoms. The van der Waals surface area contributed by atoms with Crippen LogP contribution in [0.25, 0.3) is 0 Å². The van der Waals surface area contributed by atoms with Crippen LogP contribution in [0.2, 0.25) is 5.15 Å². The van der Waals surface area contributed by atoms with Crippen molar-refractivity contribution < 1.29 is 27.8 Å². The van der Waals surface area contributed by atoms with E-state index in [0.29, 0.717) is 6.42 Å². The van der Waals surface area contributed by atoms with E-state index in [9.17, 15) is 18.0 Å². The number of alkyl halides is 3. The highest BCUT2D eigenvalue weighted by molar-refractivity contribution is 6.31. The minimum atomic E-state index is -4.84. The van der Waals surface area contributed by atoms with Gasteiger partial charge in [-0.05, 0) is 25.0 Å². The van der Waals surface area contributed by atoms with Crippen molar-refractivity contribution in [3.05, 3.63) is 35.1 Å². The lowest BCUT2D eigenvalue weighted by atomic mass is 10.1. The van der Waals surface area contributed by atoms with Crippen LogP contribution in [0.5, 0.6) is 5.75 Å². The predicted octanol–water partition coefficient (Wildman–Crippen LogP) is 3.55. The number of halogens is 4. The van der Waals surface area contributed by atoms with Gasteiger partial charge in [0.2, 0.25) is 0 Å². The van der Waals surface area contributed by atoms with Crippen molar-refractivity contribution in [2.75, 3.05) is 6.61 Å². The van der Waals surface area contributed by atoms with Crippen molar-refractivity contribution in [3.8, 4) is 5.75 Å². The first-order valence-corrected chi connectivity index (χ1v) is 6.71. The zero-order valence-electron chi connectivity index (χ0n) is 11.8. The molecule has 0 aliphatic carbocycles. The zero-order valence-corrected chi connectivity index (χ0v) is 12.5. The van der Waals surface area contributed by atoms with Gasteiger partial charge in [-0.15, -0.1) is 6.58 Å². The highest BCUT2D eigenvalue weighted by atomic mass is 35.5. The fourth-order valence-electron chi connectivity index (χ4n) is 1.62. The molecule has 1 heterocycles. The summed E-state index contributed by atoms with van der Waals surface area (Å²) in [4.78, 5) is 15.0. The normalized spacial score (nSPS) is 12.8. The molecule has 1 aromatic heterocycles. The van der Waals surface area contributed by atoms with Crippen molar-refractivity contribution in [3.63, 3.8) is 0 Å². The number of allylic oxidation sites excluding steroid dienone is 1. The second-order valence-corrected chi connectivity index (χ2v) is 4.94. The minimum absolute atomic E-state index is 0.0201. The van der Waals surface area contributed by atoms with Crippen LogP contribution in [-0.4, -0.2) is 28.7 Å². The van der Waals surface area contributed by atoms with Crippen LogP contribution in [0.3, 0.4) is 0 Å². The standard InChI is InChI=1S/C14H15ClF3NO3/c1-3-4-5-9(20)7-22-11-8(2)6-10(19-13(11)15)12(21)14(16,17)18/h3,6,12,21H,1,4-5,7H2,2H3. The van der Waals surface area contributed by atoms with Gasteiger partial charge in [0, 0.05) is 6.42 Å². The van der Waals surface area contributed by atoms with Gasteiger partial charge in [-0.25, -0.2) is 4.98 Å². The van der Waals surface area contributed by atoms with Crippen LogP contribution in [0.15, 0.2) is 18.7 Å². The summed E-state index contributed by atoms with van der Waals surface area (Å²) in [5.74, 6) is -0.179. The number of aliphatic hydroxyl groups is 1. The van der Waals surface area contributed by atoms with Gasteiger partial charge in [-0.2, -0.15) is 13.2 Å². The van der Waals surface area contributed by atoms with Crippen LogP contribution >= 0.6 is 11.6 Å². The number of carbonyl (C=O) groups is 1. The van der Waals surface area contributed by atoms with Crippen LogP contribution < -0.4 is 4.74 Å². The number of hydrogen-bond acceptors (Lipinski definition) is 4. The number of rotatable bonds is 7. The molecule has 1 rings (SSSR count). The van der Waals surface area contributed by atoms with Gasteiger partial charge in [0.1, 0.15) is 6.61 Å². The largest absolute Gasteiger partial charge is 0.482 e. The van der Waals surface area contributed by atoms with Gasteiger partial charge in [0.05, 0.1) is 5.69 Å². The number of carbonyl (C=O) groups excluding carboxylic acids is 1. The Labute approximate surface area is 130 Å². The second kappa shape index (κ2) is 7.60. The van der Waals surface area contributed by atoms with E-state index in [1.807, 2.05) is 0 Å². The van der Waals surface area contributed by atoms with E-state index in [1.165, 1.54) is 6.92 Å². The lowest BCUT2D eigenvalue weighted by Crippen LogP contribution is -2.21. The average molecular weight is 338 g/mol. The molecule has 1 atom stereocenters. The number of aromatic nitrogens is 1. The highest BCUT2D eigenvalue weighted by Crippen LogP contribution is 2.35. The van der Waals surface area contributed by atoms with Crippen LogP contribution in [0.1, 0.15) is 30.2 Å². The average Bonchev–Trinajstić information content (AvgIpc) is 2.42. The fraction of sp³-hybridized carbons (Fsp3) is 0.429. The van der Waals surface area contributed by atoms with Gasteiger partial charge in [0.15, 0.2) is 22.8 Å². The SMILES string of the molecule is C=CCCC(=O)COc1c(C)cc(C(O)C(F)(F)F)nc1Cl. The summed E-state index contributed by atoms with van der Waals surface area (Å²) in [7, 11) is 0. The minimum Gasteiger partial charge on any atom is -0.482 e. The summed E-state index contributed by atoms with van der Waals surface area (Å²) in [5, 5.41) is 8.82. The predicted molar refractivity (Wildman–Crippen MR) is 74.9 cm³/mol. The molecule has 0 bridgehead atoms. The lowest BCUT2D eigenvalue weighted by Gasteiger charge is -2.16. The maximum absolute atomic E-state index is 12.5. The van der Waals surface area contributed by atoms with Crippen LogP contribution in [0, 0.1) is 6.92 Å². The molecule has 0 radical (unpaired) electrons. The van der Waals surface area contributed by atoms with Crippen LogP contribution in [0.4, 0.5) is 13.2 Å². The summed E-state index contributed by atoms with van der Waals surface area (Å²) in [6, 6.07) is 1.02. The number of pyridine rings is 1. The highest BCUT2D eigenvalue weighted by Gasteiger charge is 2.40. The molecule has 0 aromatic carbocycles. The number of Topliss-reactive ketones (excluding diaryl/α,β-unsaturated/α-hetero) is 1. The van der Waals surface area contributed by atoms with E-state index in [0.717, 1.165) is 6.07 Å². The molecule has 1 unspecified atom stereocenters. The van der Waals surface area contributed by atoms with E-state index in [2.05, 4.69) is 11.6 Å². The summed E-state index contributed by atoms with van der Waals surface area (Å²) in [6.07, 6.45) is -5.23. The van der Waals surface area contributed by atoms with Gasteiger partial charge < -0.3 is 9.84 Å². The monoisotopic (exact) mass is 337 g/mol. The molecule has 0 fully saturated rings. The molecule has 122 valence electrons. The molecule has 0 aliphatic heterocycles. The van der Waals surface area contributed by atoms with E-state index in [1.54, 1.807) is 6.08 Å². The molecule has 1 aromatic rings. The number of ketones is 1. The Balaban J connectivity index is 2.87. The zero-order chi connectivity index (χ0) is 16.9. The van der Waals surface area contributed by atoms with Crippen molar-refractivity contribution in [2.24, 2.45) is 0 Å². The van der Waals surface area contributed by atoms with Crippen molar-refractivity contribution >= 4 is 17.4 Å². The molecular weight excluding hydrogens is 323 g/mol. The third kappa shape index (κ3) is 4.99. The summed E-state index contributed by atoms with van der Waals surface area (Å²) in [6.45, 7) is 4.67. The molecule has 0 saturated heterocycles. The Bertz CT molecular complexity index is 538. The van der Waals surface area contributed by atoms with Gasteiger partial charge in [-0.3, -0.25) is 4.79 Å². The van der Waals surface area contributed by atoms with Gasteiger partial charge in [-0.1, -0.05) is 17.7 Å². The van der Waals surface area contributed by atoms with Gasteiger partial charge in [0.25, 0.3) is 0 Å². The van der Waals surface area contributed by atoms with E-state index in [4.69, 9.17) is 21.4 Å². The first kappa shape index (κ1) is 18.4. The maximum atomic E-state index is 12.5. The Kier molecular flexibility index (Phi) is 6.37. The second-order valence-electron chi connectivity index (χ2n) is 4.58. The Morgan fingerprint density at radius 1 is 1.59 bits per heavy atom. The summed E-state index contributed by atoms with van der Waals surface area (Å²) < 4.78 is 42.6. The molecule has 0 spiro atoms. The number of aliphatic hydroxyl groups excluding tert-OH is 1. The lowest BCUT2D eigenvalue weighted by molar-refractivity contribution is -0.207. The quantitative estimate of drug-likeness (QED) is 0.610. The van der Waals surface area contributed by atoms with Crippen molar-refractivity contribution in [2.45, 2.75) is 32.0 Å². The molecule has 22 heavy (non-hydrogen) atoms. The molecule has 1 N–H and O–H groups in total. The molecule has 0 aliphatic rings. The first-order chi connectivity index (χ1) is 10.2. The number of nitrogens with zero attached hydrogens (tertiary/aromatic N) is 1. The third-order valence-corrected chi connectivity index (χ3v) is 2.99. The Morgan fingerprint density at radius 3 is 2.73 bits per heavy atom. The molecule has 0 amide bonds. The summed E-state index contributed by atoms with van der Waals surface area (Å²) >= 11 is 5.77. The number of hydrogen-bond donors (Lipinski definition) is 1. The van der Waals surface area contributed by atoms with Crippen molar-refractivity contribution in [1.82, 2.24) is 4.98 Å². The maximum Gasteiger partial charge on any atom is 0.420 e. The Hall–Kier alpha value is -1.60. The van der Waals surface area contributed by atoms with Gasteiger partial charge >= 0.3 is 6.18 Å². The van der Waals surface area contributed by atoms with E-state index >= 15 is 0 Å². The Morgan fingerprint density at radius 2 is 2.23 bits per heavy atom. The number of ether oxygens (including phenoxy) is 1. The third-order valence-electron chi connectivity index (χ3n) is 2.73. The van der Waals surface area contributed by atoms with Crippen molar-refractivity contribution in [1.29, 1.82) is 0 Å². The molecule has 0 saturated carbocycles.